The summed E-state index contributed by atoms with van der Waals surface area (Å²) in [6, 6.07) is 7.50. The van der Waals surface area contributed by atoms with Crippen LogP contribution >= 0.6 is 11.3 Å². The van der Waals surface area contributed by atoms with Gasteiger partial charge in [0, 0.05) is 13.1 Å². The number of nitrogens with zero attached hydrogens (tertiary/aromatic N) is 2. The lowest BCUT2D eigenvalue weighted by Crippen LogP contribution is -2.40. The summed E-state index contributed by atoms with van der Waals surface area (Å²) >= 11 is 1.16. The molecule has 8 heteroatoms. The number of aromatic nitrogens is 1. The average molecular weight is 475 g/mol. The van der Waals surface area contributed by atoms with Crippen LogP contribution in [-0.4, -0.2) is 47.6 Å². The number of carbonyl (C=O) groups is 2. The van der Waals surface area contributed by atoms with Crippen LogP contribution in [0.25, 0.3) is 12.2 Å². The number of amides is 1. The number of hydrogen-bond donors (Lipinski definition) is 0. The number of thiazole rings is 1. The maximum atomic E-state index is 13.1. The van der Waals surface area contributed by atoms with Gasteiger partial charge in [0.1, 0.15) is 17.0 Å². The minimum Gasteiger partial charge on any atom is -0.494 e. The normalized spacial score (nSPS) is 12.3. The Bertz CT molecular complexity index is 1100. The molecule has 0 unspecified atom stereocenters. The van der Waals surface area contributed by atoms with Crippen LogP contribution < -0.4 is 19.5 Å². The summed E-state index contributed by atoms with van der Waals surface area (Å²) in [5.41, 5.74) is 0.516. The molecular weight excluding hydrogens is 440 g/mol. The molecule has 1 aromatic carbocycles. The van der Waals surface area contributed by atoms with Crippen molar-refractivity contribution in [3.63, 3.8) is 0 Å². The van der Waals surface area contributed by atoms with Crippen molar-refractivity contribution >= 4 is 35.4 Å². The first-order valence-corrected chi connectivity index (χ1v) is 12.2. The van der Waals surface area contributed by atoms with Crippen molar-refractivity contribution in [2.75, 3.05) is 26.3 Å². The molecular formula is C25H34N2O5S. The van der Waals surface area contributed by atoms with Crippen molar-refractivity contribution in [2.24, 2.45) is 5.92 Å². The molecule has 0 saturated carbocycles. The predicted molar refractivity (Wildman–Crippen MR) is 132 cm³/mol. The van der Waals surface area contributed by atoms with Crippen molar-refractivity contribution < 1.29 is 19.1 Å². The average Bonchev–Trinajstić information content (AvgIpc) is 3.04. The van der Waals surface area contributed by atoms with Gasteiger partial charge in [-0.1, -0.05) is 26.0 Å². The second kappa shape index (κ2) is 13.0. The zero-order valence-corrected chi connectivity index (χ0v) is 20.9. The third-order valence-corrected chi connectivity index (χ3v) is 6.08. The Labute approximate surface area is 198 Å². The molecule has 0 bridgehead atoms. The molecule has 0 fully saturated rings. The highest BCUT2D eigenvalue weighted by Crippen LogP contribution is 2.13. The van der Waals surface area contributed by atoms with E-state index in [1.807, 2.05) is 38.1 Å². The van der Waals surface area contributed by atoms with Crippen LogP contribution in [-0.2, 0) is 20.9 Å². The molecule has 7 nitrogen and oxygen atoms in total. The van der Waals surface area contributed by atoms with Gasteiger partial charge in [0.2, 0.25) is 5.91 Å². The van der Waals surface area contributed by atoms with Crippen LogP contribution in [0.4, 0.5) is 0 Å². The maximum Gasteiger partial charge on any atom is 0.333 e. The molecule has 180 valence electrons. The lowest BCUT2D eigenvalue weighted by molar-refractivity contribution is -0.135. The molecule has 33 heavy (non-hydrogen) atoms. The Balaban J connectivity index is 2.40. The van der Waals surface area contributed by atoms with Crippen molar-refractivity contribution in [3.05, 3.63) is 49.4 Å². The number of hydrogen-bond acceptors (Lipinski definition) is 6. The van der Waals surface area contributed by atoms with Crippen LogP contribution in [0.5, 0.6) is 5.75 Å². The Morgan fingerprint density at radius 1 is 1.12 bits per heavy atom. The summed E-state index contributed by atoms with van der Waals surface area (Å²) in [6.45, 7) is 11.7. The van der Waals surface area contributed by atoms with Gasteiger partial charge in [-0.05, 0) is 56.9 Å². The third-order valence-electron chi connectivity index (χ3n) is 5.02. The fourth-order valence-corrected chi connectivity index (χ4v) is 4.14. The van der Waals surface area contributed by atoms with E-state index in [4.69, 9.17) is 9.47 Å². The van der Waals surface area contributed by atoms with Gasteiger partial charge in [0.25, 0.3) is 5.56 Å². The molecule has 0 aliphatic heterocycles. The van der Waals surface area contributed by atoms with E-state index in [1.54, 1.807) is 17.9 Å². The van der Waals surface area contributed by atoms with Gasteiger partial charge in [-0.15, -0.1) is 11.3 Å². The number of ether oxygens (including phenoxy) is 2. The van der Waals surface area contributed by atoms with Gasteiger partial charge in [-0.3, -0.25) is 14.2 Å². The lowest BCUT2D eigenvalue weighted by Gasteiger charge is -2.18. The zero-order valence-electron chi connectivity index (χ0n) is 20.1. The summed E-state index contributed by atoms with van der Waals surface area (Å²) in [6.07, 6.45) is 4.01. The Morgan fingerprint density at radius 2 is 1.79 bits per heavy atom. The number of likely N-dealkylation sites (N-methyl/N-ethyl adjacent to an activating group) is 1. The molecule has 2 aromatic rings. The monoisotopic (exact) mass is 474 g/mol. The first-order chi connectivity index (χ1) is 15.8. The van der Waals surface area contributed by atoms with Crippen LogP contribution in [0.15, 0.2) is 29.1 Å². The molecule has 0 aliphatic carbocycles. The van der Waals surface area contributed by atoms with Crippen molar-refractivity contribution in [2.45, 2.75) is 47.6 Å². The first kappa shape index (κ1) is 26.4. The highest BCUT2D eigenvalue weighted by molar-refractivity contribution is 7.07. The minimum absolute atomic E-state index is 0.126. The van der Waals surface area contributed by atoms with E-state index in [9.17, 15) is 14.4 Å². The number of benzene rings is 1. The summed E-state index contributed by atoms with van der Waals surface area (Å²) in [7, 11) is 0. The molecule has 2 rings (SSSR count). The molecule has 1 amide bonds. The molecule has 0 radical (unpaired) electrons. The number of carbonyl (C=O) groups excluding carboxylic acids is 2. The van der Waals surface area contributed by atoms with E-state index in [2.05, 4.69) is 13.8 Å². The van der Waals surface area contributed by atoms with E-state index < -0.39 is 5.97 Å². The van der Waals surface area contributed by atoms with Gasteiger partial charge in [0.05, 0.1) is 23.8 Å². The highest BCUT2D eigenvalue weighted by Gasteiger charge is 2.15. The predicted octanol–water partition coefficient (Wildman–Crippen LogP) is 2.38. The van der Waals surface area contributed by atoms with Gasteiger partial charge in [-0.25, -0.2) is 4.79 Å². The van der Waals surface area contributed by atoms with E-state index in [1.165, 1.54) is 10.6 Å². The third kappa shape index (κ3) is 7.89. The van der Waals surface area contributed by atoms with E-state index in [-0.39, 0.29) is 24.6 Å². The summed E-state index contributed by atoms with van der Waals surface area (Å²) in [4.78, 5) is 39.4. The standard InChI is InChI=1S/C25H34N2O5S/c1-6-26(7-2)22(28)17-27-23(16-24(29)31-8-3)33-21(25(27)30)15-19-9-11-20(12-10-19)32-14-13-18(4)5/h9-12,15-16,18H,6-8,13-14,17H2,1-5H3/b21-15+,23-16+. The largest absolute Gasteiger partial charge is 0.494 e. The molecule has 1 heterocycles. The molecule has 0 atom stereocenters. The molecule has 0 aliphatic rings. The molecule has 1 aromatic heterocycles. The van der Waals surface area contributed by atoms with Crippen molar-refractivity contribution in [1.29, 1.82) is 0 Å². The lowest BCUT2D eigenvalue weighted by atomic mass is 10.1. The second-order valence-corrected chi connectivity index (χ2v) is 8.96. The van der Waals surface area contributed by atoms with Crippen molar-refractivity contribution in [3.8, 4) is 5.75 Å². The molecule has 0 spiro atoms. The maximum absolute atomic E-state index is 13.1. The Kier molecular flexibility index (Phi) is 10.4. The van der Waals surface area contributed by atoms with E-state index >= 15 is 0 Å². The summed E-state index contributed by atoms with van der Waals surface area (Å²) in [5.74, 6) is 0.635. The van der Waals surface area contributed by atoms with Gasteiger partial charge in [0.15, 0.2) is 0 Å². The van der Waals surface area contributed by atoms with Crippen LogP contribution in [0.1, 0.15) is 46.6 Å². The number of esters is 1. The van der Waals surface area contributed by atoms with Gasteiger partial charge < -0.3 is 14.4 Å². The van der Waals surface area contributed by atoms with Gasteiger partial charge >= 0.3 is 5.97 Å². The highest BCUT2D eigenvalue weighted by atomic mass is 32.1. The van der Waals surface area contributed by atoms with Crippen LogP contribution in [0, 0.1) is 5.92 Å². The second-order valence-electron chi connectivity index (χ2n) is 7.90. The minimum atomic E-state index is -0.544. The molecule has 0 saturated heterocycles. The Morgan fingerprint density at radius 3 is 2.36 bits per heavy atom. The first-order valence-electron chi connectivity index (χ1n) is 11.4. The van der Waals surface area contributed by atoms with Crippen LogP contribution in [0.2, 0.25) is 0 Å². The SMILES string of the molecule is CCOC(=O)/C=c1/s/c(=C/c2ccc(OCCC(C)C)cc2)c(=O)n1CC(=O)N(CC)CC. The van der Waals surface area contributed by atoms with Gasteiger partial charge in [-0.2, -0.15) is 0 Å². The fraction of sp³-hybridized carbons (Fsp3) is 0.480. The zero-order chi connectivity index (χ0) is 24.4. The van der Waals surface area contributed by atoms with Crippen molar-refractivity contribution in [1.82, 2.24) is 9.47 Å². The topological polar surface area (TPSA) is 77.8 Å². The van der Waals surface area contributed by atoms with Crippen LogP contribution in [0.3, 0.4) is 0 Å². The summed E-state index contributed by atoms with van der Waals surface area (Å²) < 4.78 is 12.9. The fourth-order valence-electron chi connectivity index (χ4n) is 3.11. The quantitative estimate of drug-likeness (QED) is 0.468. The molecule has 0 N–H and O–H groups in total. The summed E-state index contributed by atoms with van der Waals surface area (Å²) in [5, 5.41) is 0. The Hall–Kier alpha value is -2.87. The van der Waals surface area contributed by atoms with E-state index in [0.717, 1.165) is 29.1 Å². The smallest absolute Gasteiger partial charge is 0.333 e. The number of rotatable bonds is 11. The van der Waals surface area contributed by atoms with E-state index in [0.29, 0.717) is 34.8 Å².